The molecule has 1 aliphatic rings. The Morgan fingerprint density at radius 2 is 2.26 bits per heavy atom. The smallest absolute Gasteiger partial charge is 0.344 e. The van der Waals surface area contributed by atoms with Crippen molar-refractivity contribution >= 4 is 46.1 Å². The number of carbonyl (C=O) groups is 3. The van der Waals surface area contributed by atoms with Crippen LogP contribution in [0, 0.1) is 0 Å². The largest absolute Gasteiger partial charge is 0.467 e. The van der Waals surface area contributed by atoms with Crippen molar-refractivity contribution in [3.8, 4) is 0 Å². The van der Waals surface area contributed by atoms with Crippen LogP contribution in [0.1, 0.15) is 26.0 Å². The van der Waals surface area contributed by atoms with Crippen LogP contribution in [0.2, 0.25) is 0 Å². The number of amides is 4. The zero-order chi connectivity index (χ0) is 19.4. The SMILES string of the molecule is CC[C@]1(C)NC(=O)N(NC(=O)CSc2nnc(NCc3ccco3)s2)C1=O. The van der Waals surface area contributed by atoms with E-state index in [1.54, 1.807) is 26.2 Å². The Kier molecular flexibility index (Phi) is 5.65. The van der Waals surface area contributed by atoms with Crippen molar-refractivity contribution < 1.29 is 18.8 Å². The van der Waals surface area contributed by atoms with Crippen LogP contribution in [-0.2, 0) is 16.1 Å². The summed E-state index contributed by atoms with van der Waals surface area (Å²) >= 11 is 2.46. The number of nitrogens with one attached hydrogen (secondary N) is 3. The van der Waals surface area contributed by atoms with E-state index in [4.69, 9.17) is 4.42 Å². The number of hydrogen-bond donors (Lipinski definition) is 3. The highest BCUT2D eigenvalue weighted by Gasteiger charge is 2.47. The number of urea groups is 1. The summed E-state index contributed by atoms with van der Waals surface area (Å²) < 4.78 is 5.80. The summed E-state index contributed by atoms with van der Waals surface area (Å²) in [6.45, 7) is 3.88. The first-order valence-electron chi connectivity index (χ1n) is 8.10. The molecule has 3 heterocycles. The van der Waals surface area contributed by atoms with Gasteiger partial charge in [0.25, 0.3) is 5.91 Å². The van der Waals surface area contributed by atoms with Gasteiger partial charge in [-0.05, 0) is 25.5 Å². The first kappa shape index (κ1) is 19.2. The lowest BCUT2D eigenvalue weighted by molar-refractivity contribution is -0.137. The third-order valence-corrected chi connectivity index (χ3v) is 5.95. The minimum absolute atomic E-state index is 0.00723. The summed E-state index contributed by atoms with van der Waals surface area (Å²) in [7, 11) is 0. The van der Waals surface area contributed by atoms with Crippen LogP contribution in [0.4, 0.5) is 9.93 Å². The Bertz CT molecular complexity index is 839. The number of nitrogens with zero attached hydrogens (tertiary/aromatic N) is 3. The number of aromatic nitrogens is 2. The summed E-state index contributed by atoms with van der Waals surface area (Å²) in [5.74, 6) is -0.198. The van der Waals surface area contributed by atoms with Gasteiger partial charge in [0.2, 0.25) is 11.0 Å². The molecule has 0 saturated carbocycles. The average molecular weight is 410 g/mol. The molecular weight excluding hydrogens is 392 g/mol. The summed E-state index contributed by atoms with van der Waals surface area (Å²) in [6.07, 6.45) is 2.02. The van der Waals surface area contributed by atoms with E-state index in [0.717, 1.165) is 22.5 Å². The molecule has 1 saturated heterocycles. The lowest BCUT2D eigenvalue weighted by Gasteiger charge is -2.19. The highest BCUT2D eigenvalue weighted by Crippen LogP contribution is 2.26. The molecule has 3 N–H and O–H groups in total. The number of thioether (sulfide) groups is 1. The van der Waals surface area contributed by atoms with E-state index in [-0.39, 0.29) is 5.75 Å². The van der Waals surface area contributed by atoms with Crippen molar-refractivity contribution in [3.63, 3.8) is 0 Å². The third-order valence-electron chi connectivity index (χ3n) is 3.93. The second-order valence-electron chi connectivity index (χ2n) is 5.89. The monoisotopic (exact) mass is 410 g/mol. The standard InChI is InChI=1S/C15H18N6O4S2/c1-3-15(2)11(23)21(13(24)17-15)20-10(22)8-26-14-19-18-12(27-14)16-7-9-5-4-6-25-9/h4-6H,3,7-8H2,1-2H3,(H,16,18)(H,17,24)(H,20,22)/t15-/m0/s1. The van der Waals surface area contributed by atoms with Crippen molar-refractivity contribution in [1.82, 2.24) is 25.9 Å². The highest BCUT2D eigenvalue weighted by molar-refractivity contribution is 8.01. The van der Waals surface area contributed by atoms with Gasteiger partial charge in [0.05, 0.1) is 18.6 Å². The molecule has 0 aromatic carbocycles. The number of hydrazine groups is 1. The Morgan fingerprint density at radius 1 is 1.44 bits per heavy atom. The molecule has 0 aliphatic carbocycles. The molecule has 2 aromatic rings. The summed E-state index contributed by atoms with van der Waals surface area (Å²) in [4.78, 5) is 36.2. The Balaban J connectivity index is 1.47. The minimum Gasteiger partial charge on any atom is -0.467 e. The van der Waals surface area contributed by atoms with Crippen molar-refractivity contribution in [2.45, 2.75) is 36.7 Å². The number of imide groups is 1. The van der Waals surface area contributed by atoms with Gasteiger partial charge in [-0.3, -0.25) is 15.0 Å². The normalized spacial score (nSPS) is 19.3. The molecule has 12 heteroatoms. The maximum Gasteiger partial charge on any atom is 0.344 e. The number of hydrogen-bond acceptors (Lipinski definition) is 9. The summed E-state index contributed by atoms with van der Waals surface area (Å²) in [6, 6.07) is 3.00. The van der Waals surface area contributed by atoms with Crippen molar-refractivity contribution in [3.05, 3.63) is 24.2 Å². The molecule has 3 rings (SSSR count). The van der Waals surface area contributed by atoms with Crippen molar-refractivity contribution in [1.29, 1.82) is 0 Å². The van der Waals surface area contributed by atoms with Crippen LogP contribution in [0.25, 0.3) is 0 Å². The molecule has 0 bridgehead atoms. The van der Waals surface area contributed by atoms with Gasteiger partial charge in [-0.15, -0.1) is 10.2 Å². The molecule has 2 aromatic heterocycles. The van der Waals surface area contributed by atoms with E-state index in [1.807, 2.05) is 6.07 Å². The van der Waals surface area contributed by atoms with E-state index in [9.17, 15) is 14.4 Å². The molecule has 0 unspecified atom stereocenters. The maximum atomic E-state index is 12.2. The van der Waals surface area contributed by atoms with Gasteiger partial charge >= 0.3 is 6.03 Å². The Labute approximate surface area is 163 Å². The van der Waals surface area contributed by atoms with Crippen LogP contribution < -0.4 is 16.1 Å². The highest BCUT2D eigenvalue weighted by atomic mass is 32.2. The number of rotatable bonds is 8. The number of anilines is 1. The van der Waals surface area contributed by atoms with Gasteiger partial charge in [-0.1, -0.05) is 30.0 Å². The summed E-state index contributed by atoms with van der Waals surface area (Å²) in [5, 5.41) is 14.9. The van der Waals surface area contributed by atoms with Gasteiger partial charge < -0.3 is 15.1 Å². The van der Waals surface area contributed by atoms with Crippen LogP contribution in [-0.4, -0.2) is 44.3 Å². The lowest BCUT2D eigenvalue weighted by Crippen LogP contribution is -2.49. The van der Waals surface area contributed by atoms with Crippen LogP contribution in [0.15, 0.2) is 27.2 Å². The van der Waals surface area contributed by atoms with Crippen molar-refractivity contribution in [2.75, 3.05) is 11.1 Å². The first-order chi connectivity index (χ1) is 12.9. The predicted molar refractivity (Wildman–Crippen MR) is 98.9 cm³/mol. The molecule has 1 atom stereocenters. The van der Waals surface area contributed by atoms with Gasteiger partial charge in [0.15, 0.2) is 4.34 Å². The van der Waals surface area contributed by atoms with Crippen molar-refractivity contribution in [2.24, 2.45) is 0 Å². The maximum absolute atomic E-state index is 12.2. The van der Waals surface area contributed by atoms with Crippen LogP contribution in [0.5, 0.6) is 0 Å². The number of furan rings is 1. The number of carbonyl (C=O) groups excluding carboxylic acids is 3. The van der Waals surface area contributed by atoms with E-state index in [1.165, 1.54) is 11.3 Å². The molecule has 0 spiro atoms. The third kappa shape index (κ3) is 4.39. The quantitative estimate of drug-likeness (QED) is 0.442. The average Bonchev–Trinajstić information content (AvgIpc) is 3.36. The zero-order valence-electron chi connectivity index (χ0n) is 14.6. The van der Waals surface area contributed by atoms with Gasteiger partial charge in [0, 0.05) is 0 Å². The van der Waals surface area contributed by atoms with E-state index < -0.39 is 23.4 Å². The van der Waals surface area contributed by atoms with Gasteiger partial charge in [-0.2, -0.15) is 5.01 Å². The van der Waals surface area contributed by atoms with E-state index >= 15 is 0 Å². The Hall–Kier alpha value is -2.60. The molecule has 4 amide bonds. The molecular formula is C15H18N6O4S2. The topological polar surface area (TPSA) is 129 Å². The van der Waals surface area contributed by atoms with E-state index in [0.29, 0.717) is 22.4 Å². The molecule has 144 valence electrons. The molecule has 1 fully saturated rings. The van der Waals surface area contributed by atoms with Gasteiger partial charge in [-0.25, -0.2) is 4.79 Å². The molecule has 0 radical (unpaired) electrons. The summed E-state index contributed by atoms with van der Waals surface area (Å²) in [5.41, 5.74) is 1.33. The molecule has 1 aliphatic heterocycles. The lowest BCUT2D eigenvalue weighted by atomic mass is 10.00. The Morgan fingerprint density at radius 3 is 2.93 bits per heavy atom. The van der Waals surface area contributed by atoms with Gasteiger partial charge in [0.1, 0.15) is 11.3 Å². The van der Waals surface area contributed by atoms with Crippen LogP contribution in [0.3, 0.4) is 0 Å². The fourth-order valence-corrected chi connectivity index (χ4v) is 3.77. The predicted octanol–water partition coefficient (Wildman–Crippen LogP) is 1.59. The minimum atomic E-state index is -0.995. The van der Waals surface area contributed by atoms with E-state index in [2.05, 4.69) is 26.3 Å². The van der Waals surface area contributed by atoms with Crippen LogP contribution >= 0.6 is 23.1 Å². The second kappa shape index (κ2) is 7.96. The molecule has 10 nitrogen and oxygen atoms in total. The molecule has 27 heavy (non-hydrogen) atoms. The zero-order valence-corrected chi connectivity index (χ0v) is 16.3. The fourth-order valence-electron chi connectivity index (χ4n) is 2.23. The first-order valence-corrected chi connectivity index (χ1v) is 9.90. The second-order valence-corrected chi connectivity index (χ2v) is 8.09. The fraction of sp³-hybridized carbons (Fsp3) is 0.400.